The van der Waals surface area contributed by atoms with Gasteiger partial charge in [-0.3, -0.25) is 4.79 Å². The Labute approximate surface area is 107 Å². The van der Waals surface area contributed by atoms with Gasteiger partial charge in [0.05, 0.1) is 14.2 Å². The van der Waals surface area contributed by atoms with Crippen molar-refractivity contribution in [3.63, 3.8) is 0 Å². The zero-order valence-electron chi connectivity index (χ0n) is 10.2. The van der Waals surface area contributed by atoms with Crippen molar-refractivity contribution >= 4 is 17.9 Å². The third kappa shape index (κ3) is 3.56. The predicted molar refractivity (Wildman–Crippen MR) is 70.4 cm³/mol. The van der Waals surface area contributed by atoms with E-state index >= 15 is 0 Å². The van der Waals surface area contributed by atoms with E-state index in [-0.39, 0.29) is 5.24 Å². The lowest BCUT2D eigenvalue weighted by molar-refractivity contribution is 0.261. The molecule has 0 aliphatic rings. The summed E-state index contributed by atoms with van der Waals surface area (Å²) in [5, 5.41) is 2.31. The molecule has 0 aliphatic carbocycles. The first-order valence-electron chi connectivity index (χ1n) is 5.27. The lowest BCUT2D eigenvalue weighted by atomic mass is 10.1. The minimum Gasteiger partial charge on any atom is -0.496 e. The van der Waals surface area contributed by atoms with Gasteiger partial charge in [-0.15, -0.1) is 0 Å². The van der Waals surface area contributed by atoms with Crippen molar-refractivity contribution in [1.29, 1.82) is 0 Å². The van der Waals surface area contributed by atoms with Crippen LogP contribution in [0.5, 0.6) is 11.5 Å². The molecule has 1 aromatic rings. The lowest BCUT2D eigenvalue weighted by Gasteiger charge is -2.14. The van der Waals surface area contributed by atoms with Gasteiger partial charge < -0.3 is 14.8 Å². The summed E-state index contributed by atoms with van der Waals surface area (Å²) in [6.07, 6.45) is 0.695. The Morgan fingerprint density at radius 1 is 1.35 bits per heavy atom. The molecule has 0 heterocycles. The van der Waals surface area contributed by atoms with Crippen LogP contribution in [-0.4, -0.2) is 26.0 Å². The molecule has 4 nitrogen and oxygen atoms in total. The Bertz CT molecular complexity index is 407. The van der Waals surface area contributed by atoms with Crippen molar-refractivity contribution in [3.8, 4) is 11.5 Å². The molecule has 0 unspecified atom stereocenters. The van der Waals surface area contributed by atoms with Crippen LogP contribution in [0.4, 0.5) is 4.79 Å². The number of benzene rings is 1. The molecule has 0 bridgehead atoms. The van der Waals surface area contributed by atoms with Crippen LogP contribution in [0.1, 0.15) is 11.1 Å². The maximum absolute atomic E-state index is 10.7. The zero-order valence-corrected chi connectivity index (χ0v) is 11.1. The number of methoxy groups -OCH3 is 2. The van der Waals surface area contributed by atoms with Gasteiger partial charge in [-0.05, 0) is 25.0 Å². The van der Waals surface area contributed by atoms with E-state index in [9.17, 15) is 4.79 Å². The number of ether oxygens (including phenoxy) is 2. The van der Waals surface area contributed by atoms with Crippen LogP contribution in [0.3, 0.4) is 0 Å². The molecule has 5 heteroatoms. The largest absolute Gasteiger partial charge is 0.496 e. The van der Waals surface area contributed by atoms with Crippen molar-refractivity contribution in [1.82, 2.24) is 5.32 Å². The first-order chi connectivity index (χ1) is 8.10. The summed E-state index contributed by atoms with van der Waals surface area (Å²) in [5.74, 6) is 1.60. The Morgan fingerprint density at radius 2 is 2.06 bits per heavy atom. The maximum Gasteiger partial charge on any atom is 0.275 e. The molecule has 0 atom stereocenters. The van der Waals surface area contributed by atoms with Gasteiger partial charge in [0.25, 0.3) is 5.24 Å². The van der Waals surface area contributed by atoms with E-state index in [2.05, 4.69) is 17.9 Å². The van der Waals surface area contributed by atoms with Crippen LogP contribution in [0, 0.1) is 6.92 Å². The van der Waals surface area contributed by atoms with E-state index in [1.54, 1.807) is 14.2 Å². The Kier molecular flexibility index (Phi) is 5.15. The summed E-state index contributed by atoms with van der Waals surface area (Å²) in [6, 6.07) is 3.84. The Morgan fingerprint density at radius 3 is 2.59 bits per heavy atom. The highest BCUT2D eigenvalue weighted by Gasteiger charge is 2.10. The predicted octanol–water partition coefficient (Wildman–Crippen LogP) is 2.19. The van der Waals surface area contributed by atoms with Gasteiger partial charge in [0, 0.05) is 12.1 Å². The second kappa shape index (κ2) is 6.39. The van der Waals surface area contributed by atoms with Gasteiger partial charge in [0.2, 0.25) is 0 Å². The first kappa shape index (κ1) is 13.7. The molecule has 0 radical (unpaired) electrons. The molecule has 0 spiro atoms. The minimum absolute atomic E-state index is 0.325. The van der Waals surface area contributed by atoms with Gasteiger partial charge in [0.1, 0.15) is 11.5 Å². The lowest BCUT2D eigenvalue weighted by Crippen LogP contribution is -2.19. The summed E-state index contributed by atoms with van der Waals surface area (Å²) >= 11 is 3.64. The summed E-state index contributed by atoms with van der Waals surface area (Å²) in [4.78, 5) is 10.7. The maximum atomic E-state index is 10.7. The summed E-state index contributed by atoms with van der Waals surface area (Å²) in [5.41, 5.74) is 2.00. The third-order valence-electron chi connectivity index (χ3n) is 2.53. The van der Waals surface area contributed by atoms with Gasteiger partial charge in [-0.25, -0.2) is 0 Å². The topological polar surface area (TPSA) is 47.6 Å². The molecule has 0 aliphatic heterocycles. The smallest absolute Gasteiger partial charge is 0.275 e. The number of thiol groups is 1. The van der Waals surface area contributed by atoms with Gasteiger partial charge in [-0.2, -0.15) is 0 Å². The molecule has 0 aromatic heterocycles. The average Bonchev–Trinajstić information content (AvgIpc) is 2.29. The number of hydrogen-bond donors (Lipinski definition) is 2. The quantitative estimate of drug-likeness (QED) is 0.793. The zero-order chi connectivity index (χ0) is 12.8. The fourth-order valence-corrected chi connectivity index (χ4v) is 1.85. The monoisotopic (exact) mass is 255 g/mol. The van der Waals surface area contributed by atoms with E-state index in [0.29, 0.717) is 13.0 Å². The molecular formula is C12H17NO3S. The van der Waals surface area contributed by atoms with Gasteiger partial charge in [-0.1, -0.05) is 18.7 Å². The van der Waals surface area contributed by atoms with Crippen LogP contribution in [0.15, 0.2) is 12.1 Å². The van der Waals surface area contributed by atoms with Crippen molar-refractivity contribution in [2.45, 2.75) is 13.3 Å². The molecule has 0 saturated heterocycles. The molecule has 1 aromatic carbocycles. The molecule has 0 saturated carbocycles. The van der Waals surface area contributed by atoms with E-state index < -0.39 is 0 Å². The number of amides is 1. The standard InChI is InChI=1S/C12H17NO3S/c1-8-10(15-2)5-4-9(11(8)16-3)6-7-13-12(14)17/h4-5H,6-7H2,1-3H3,(H2,13,14,17). The fraction of sp³-hybridized carbons (Fsp3) is 0.417. The highest BCUT2D eigenvalue weighted by atomic mass is 32.1. The van der Waals surface area contributed by atoms with Crippen LogP contribution in [0.25, 0.3) is 0 Å². The highest BCUT2D eigenvalue weighted by molar-refractivity contribution is 7.96. The normalized spacial score (nSPS) is 9.88. The molecule has 0 fully saturated rings. The second-order valence-corrected chi connectivity index (χ2v) is 3.97. The van der Waals surface area contributed by atoms with E-state index in [1.165, 1.54) is 0 Å². The molecule has 17 heavy (non-hydrogen) atoms. The van der Waals surface area contributed by atoms with E-state index in [0.717, 1.165) is 22.6 Å². The minimum atomic E-state index is -0.325. The van der Waals surface area contributed by atoms with E-state index in [4.69, 9.17) is 9.47 Å². The molecule has 1 rings (SSSR count). The summed E-state index contributed by atoms with van der Waals surface area (Å²) < 4.78 is 10.6. The van der Waals surface area contributed by atoms with Crippen molar-refractivity contribution in [3.05, 3.63) is 23.3 Å². The third-order valence-corrected chi connectivity index (χ3v) is 2.69. The van der Waals surface area contributed by atoms with E-state index in [1.807, 2.05) is 19.1 Å². The molecule has 1 amide bonds. The Hall–Kier alpha value is -1.36. The number of rotatable bonds is 5. The van der Waals surface area contributed by atoms with Crippen LogP contribution in [-0.2, 0) is 6.42 Å². The SMILES string of the molecule is COc1ccc(CCNC(=O)S)c(OC)c1C. The second-order valence-electron chi connectivity index (χ2n) is 3.57. The number of carbonyl (C=O) groups excluding carboxylic acids is 1. The number of hydrogen-bond acceptors (Lipinski definition) is 3. The first-order valence-corrected chi connectivity index (χ1v) is 5.72. The Balaban J connectivity index is 2.85. The highest BCUT2D eigenvalue weighted by Crippen LogP contribution is 2.31. The van der Waals surface area contributed by atoms with Crippen molar-refractivity contribution < 1.29 is 14.3 Å². The summed E-state index contributed by atoms with van der Waals surface area (Å²) in [7, 11) is 3.25. The summed E-state index contributed by atoms with van der Waals surface area (Å²) in [6.45, 7) is 2.48. The van der Waals surface area contributed by atoms with Crippen LogP contribution >= 0.6 is 12.6 Å². The molecular weight excluding hydrogens is 238 g/mol. The molecule has 94 valence electrons. The fourth-order valence-electron chi connectivity index (χ4n) is 1.74. The van der Waals surface area contributed by atoms with Gasteiger partial charge >= 0.3 is 0 Å². The number of nitrogens with one attached hydrogen (secondary N) is 1. The van der Waals surface area contributed by atoms with Crippen molar-refractivity contribution in [2.75, 3.05) is 20.8 Å². The number of carbonyl (C=O) groups is 1. The molecule has 1 N–H and O–H groups in total. The van der Waals surface area contributed by atoms with Crippen molar-refractivity contribution in [2.24, 2.45) is 0 Å². The van der Waals surface area contributed by atoms with Crippen LogP contribution < -0.4 is 14.8 Å². The van der Waals surface area contributed by atoms with Crippen LogP contribution in [0.2, 0.25) is 0 Å². The van der Waals surface area contributed by atoms with Gasteiger partial charge in [0.15, 0.2) is 0 Å². The average molecular weight is 255 g/mol.